The summed E-state index contributed by atoms with van der Waals surface area (Å²) in [6.45, 7) is 3.90. The van der Waals surface area contributed by atoms with Gasteiger partial charge in [0.2, 0.25) is 0 Å². The Morgan fingerprint density at radius 1 is 1.33 bits per heavy atom. The molecule has 7 heteroatoms. The standard InChI is InChI=1S/C14H19NO6/c1-4-6-12(14(16)20-5-2)21-11-8-7-10(15(17)18)9-13(11)19-3/h7-9,12H,4-6H2,1-3H3. The summed E-state index contributed by atoms with van der Waals surface area (Å²) >= 11 is 0. The van der Waals surface area contributed by atoms with Crippen LogP contribution in [0.4, 0.5) is 5.69 Å². The Balaban J connectivity index is 2.97. The van der Waals surface area contributed by atoms with Crippen molar-refractivity contribution in [2.24, 2.45) is 0 Å². The van der Waals surface area contributed by atoms with Crippen molar-refractivity contribution < 1.29 is 23.9 Å². The van der Waals surface area contributed by atoms with E-state index in [4.69, 9.17) is 14.2 Å². The number of ether oxygens (including phenoxy) is 3. The fraction of sp³-hybridized carbons (Fsp3) is 0.500. The first-order valence-corrected chi connectivity index (χ1v) is 6.69. The van der Waals surface area contributed by atoms with Crippen LogP contribution in [0.5, 0.6) is 11.5 Å². The van der Waals surface area contributed by atoms with Crippen LogP contribution in [0.1, 0.15) is 26.7 Å². The summed E-state index contributed by atoms with van der Waals surface area (Å²) in [5.41, 5.74) is -0.109. The molecule has 116 valence electrons. The zero-order valence-corrected chi connectivity index (χ0v) is 12.3. The smallest absolute Gasteiger partial charge is 0.347 e. The van der Waals surface area contributed by atoms with Gasteiger partial charge in [-0.1, -0.05) is 13.3 Å². The second kappa shape index (κ2) is 8.08. The van der Waals surface area contributed by atoms with E-state index in [1.54, 1.807) is 6.92 Å². The second-order valence-electron chi connectivity index (χ2n) is 4.24. The average Bonchev–Trinajstić information content (AvgIpc) is 2.47. The molecule has 0 aliphatic carbocycles. The fourth-order valence-electron chi connectivity index (χ4n) is 1.74. The number of esters is 1. The molecule has 0 aliphatic heterocycles. The van der Waals surface area contributed by atoms with Gasteiger partial charge in [-0.25, -0.2) is 4.79 Å². The Hall–Kier alpha value is -2.31. The van der Waals surface area contributed by atoms with Gasteiger partial charge in [0.25, 0.3) is 5.69 Å². The zero-order valence-electron chi connectivity index (χ0n) is 12.3. The first-order valence-electron chi connectivity index (χ1n) is 6.69. The lowest BCUT2D eigenvalue weighted by molar-refractivity contribution is -0.385. The van der Waals surface area contributed by atoms with Gasteiger partial charge in [0.1, 0.15) is 0 Å². The molecule has 0 aromatic heterocycles. The van der Waals surface area contributed by atoms with Gasteiger partial charge in [-0.2, -0.15) is 0 Å². The predicted octanol–water partition coefficient (Wildman–Crippen LogP) is 2.71. The molecule has 0 saturated carbocycles. The number of methoxy groups -OCH3 is 1. The van der Waals surface area contributed by atoms with E-state index in [0.29, 0.717) is 6.42 Å². The first-order chi connectivity index (χ1) is 10.0. The Morgan fingerprint density at radius 2 is 2.05 bits per heavy atom. The van der Waals surface area contributed by atoms with Crippen molar-refractivity contribution in [3.05, 3.63) is 28.3 Å². The summed E-state index contributed by atoms with van der Waals surface area (Å²) in [4.78, 5) is 22.0. The van der Waals surface area contributed by atoms with Crippen LogP contribution in [0.3, 0.4) is 0 Å². The van der Waals surface area contributed by atoms with Gasteiger partial charge < -0.3 is 14.2 Å². The summed E-state index contributed by atoms with van der Waals surface area (Å²) < 4.78 is 15.6. The molecule has 0 fully saturated rings. The number of nitro groups is 1. The number of nitro benzene ring substituents is 1. The lowest BCUT2D eigenvalue weighted by Crippen LogP contribution is -2.29. The van der Waals surface area contributed by atoms with E-state index in [0.717, 1.165) is 6.42 Å². The van der Waals surface area contributed by atoms with Crippen LogP contribution < -0.4 is 9.47 Å². The van der Waals surface area contributed by atoms with E-state index in [-0.39, 0.29) is 23.8 Å². The summed E-state index contributed by atoms with van der Waals surface area (Å²) in [6, 6.07) is 3.97. The van der Waals surface area contributed by atoms with Gasteiger partial charge >= 0.3 is 5.97 Å². The monoisotopic (exact) mass is 297 g/mol. The van der Waals surface area contributed by atoms with E-state index in [2.05, 4.69) is 0 Å². The lowest BCUT2D eigenvalue weighted by atomic mass is 10.2. The zero-order chi connectivity index (χ0) is 15.8. The van der Waals surface area contributed by atoms with Crippen molar-refractivity contribution >= 4 is 11.7 Å². The highest BCUT2D eigenvalue weighted by Gasteiger charge is 2.23. The summed E-state index contributed by atoms with van der Waals surface area (Å²) in [5, 5.41) is 10.7. The van der Waals surface area contributed by atoms with E-state index in [1.165, 1.54) is 25.3 Å². The summed E-state index contributed by atoms with van der Waals surface area (Å²) in [7, 11) is 1.38. The number of rotatable bonds is 8. The van der Waals surface area contributed by atoms with Gasteiger partial charge in [-0.05, 0) is 19.4 Å². The molecule has 0 spiro atoms. The van der Waals surface area contributed by atoms with Crippen LogP contribution in [-0.2, 0) is 9.53 Å². The minimum Gasteiger partial charge on any atom is -0.493 e. The highest BCUT2D eigenvalue weighted by atomic mass is 16.6. The molecule has 7 nitrogen and oxygen atoms in total. The second-order valence-corrected chi connectivity index (χ2v) is 4.24. The number of nitrogens with zero attached hydrogens (tertiary/aromatic N) is 1. The SMILES string of the molecule is CCCC(Oc1ccc([N+](=O)[O-])cc1OC)C(=O)OCC. The van der Waals surface area contributed by atoms with Crippen molar-refractivity contribution in [2.45, 2.75) is 32.8 Å². The lowest BCUT2D eigenvalue weighted by Gasteiger charge is -2.18. The van der Waals surface area contributed by atoms with E-state index >= 15 is 0 Å². The molecule has 0 saturated heterocycles. The molecule has 0 amide bonds. The third kappa shape index (κ3) is 4.62. The Labute approximate surface area is 123 Å². The Morgan fingerprint density at radius 3 is 2.57 bits per heavy atom. The third-order valence-electron chi connectivity index (χ3n) is 2.73. The molecular weight excluding hydrogens is 278 g/mol. The maximum absolute atomic E-state index is 11.8. The Bertz CT molecular complexity index is 502. The highest BCUT2D eigenvalue weighted by molar-refractivity contribution is 5.75. The van der Waals surface area contributed by atoms with Gasteiger partial charge in [0.05, 0.1) is 24.7 Å². The maximum Gasteiger partial charge on any atom is 0.347 e. The van der Waals surface area contributed by atoms with E-state index in [9.17, 15) is 14.9 Å². The van der Waals surface area contributed by atoms with Crippen molar-refractivity contribution in [3.8, 4) is 11.5 Å². The summed E-state index contributed by atoms with van der Waals surface area (Å²) in [6.07, 6.45) is 0.461. The molecule has 1 aromatic carbocycles. The normalized spacial score (nSPS) is 11.6. The van der Waals surface area contributed by atoms with Crippen molar-refractivity contribution in [1.82, 2.24) is 0 Å². The molecule has 0 radical (unpaired) electrons. The van der Waals surface area contributed by atoms with Crippen LogP contribution in [0.2, 0.25) is 0 Å². The van der Waals surface area contributed by atoms with E-state index in [1.807, 2.05) is 6.92 Å². The van der Waals surface area contributed by atoms with Crippen LogP contribution in [-0.4, -0.2) is 30.7 Å². The molecule has 1 rings (SSSR count). The molecule has 1 unspecified atom stereocenters. The number of carbonyl (C=O) groups is 1. The molecule has 0 bridgehead atoms. The molecule has 0 heterocycles. The summed E-state index contributed by atoms with van der Waals surface area (Å²) in [5.74, 6) is 0.0176. The molecule has 0 N–H and O–H groups in total. The van der Waals surface area contributed by atoms with Crippen molar-refractivity contribution in [2.75, 3.05) is 13.7 Å². The fourth-order valence-corrected chi connectivity index (χ4v) is 1.74. The number of hydrogen-bond donors (Lipinski definition) is 0. The predicted molar refractivity (Wildman–Crippen MR) is 75.6 cm³/mol. The van der Waals surface area contributed by atoms with Crippen LogP contribution in [0.15, 0.2) is 18.2 Å². The van der Waals surface area contributed by atoms with Gasteiger partial charge in [-0.3, -0.25) is 10.1 Å². The van der Waals surface area contributed by atoms with Crippen molar-refractivity contribution in [1.29, 1.82) is 0 Å². The maximum atomic E-state index is 11.8. The first kappa shape index (κ1) is 16.7. The van der Waals surface area contributed by atoms with Gasteiger partial charge in [0.15, 0.2) is 17.6 Å². The average molecular weight is 297 g/mol. The largest absolute Gasteiger partial charge is 0.493 e. The topological polar surface area (TPSA) is 87.9 Å². The van der Waals surface area contributed by atoms with Gasteiger partial charge in [0, 0.05) is 6.07 Å². The quantitative estimate of drug-likeness (QED) is 0.416. The minimum absolute atomic E-state index is 0.109. The molecule has 21 heavy (non-hydrogen) atoms. The molecule has 0 aliphatic rings. The number of benzene rings is 1. The number of hydrogen-bond acceptors (Lipinski definition) is 6. The Kier molecular flexibility index (Phi) is 6.45. The highest BCUT2D eigenvalue weighted by Crippen LogP contribution is 2.32. The van der Waals surface area contributed by atoms with Crippen molar-refractivity contribution in [3.63, 3.8) is 0 Å². The molecular formula is C14H19NO6. The molecule has 1 atom stereocenters. The molecule has 1 aromatic rings. The van der Waals surface area contributed by atoms with Crippen LogP contribution in [0.25, 0.3) is 0 Å². The minimum atomic E-state index is -0.759. The van der Waals surface area contributed by atoms with E-state index < -0.39 is 17.0 Å². The van der Waals surface area contributed by atoms with Gasteiger partial charge in [-0.15, -0.1) is 0 Å². The number of non-ortho nitro benzene ring substituents is 1. The van der Waals surface area contributed by atoms with Crippen LogP contribution in [0, 0.1) is 10.1 Å². The van der Waals surface area contributed by atoms with Crippen LogP contribution >= 0.6 is 0 Å². The third-order valence-corrected chi connectivity index (χ3v) is 2.73. The number of carbonyl (C=O) groups excluding carboxylic acids is 1.